The number of hydrogen-bond acceptors (Lipinski definition) is 4. The number of thioether (sulfide) groups is 1. The van der Waals surface area contributed by atoms with Crippen molar-refractivity contribution in [2.75, 3.05) is 24.8 Å². The van der Waals surface area contributed by atoms with Crippen LogP contribution in [0.3, 0.4) is 0 Å². The number of nitrogens with two attached hydrogens (primary N) is 1. The number of anilines is 2. The number of benzene rings is 2. The molecule has 0 bridgehead atoms. The Morgan fingerprint density at radius 1 is 1.10 bits per heavy atom. The van der Waals surface area contributed by atoms with E-state index in [9.17, 15) is 0 Å². The van der Waals surface area contributed by atoms with Crippen LogP contribution in [0.4, 0.5) is 11.4 Å². The van der Waals surface area contributed by atoms with E-state index < -0.39 is 0 Å². The molecule has 0 saturated heterocycles. The minimum Gasteiger partial charge on any atom is -0.495 e. The zero-order valence-electron chi connectivity index (χ0n) is 12.8. The molecule has 0 radical (unpaired) electrons. The fourth-order valence-electron chi connectivity index (χ4n) is 2.40. The fraction of sp³-hybridized carbons (Fsp3) is 0.294. The molecule has 0 heterocycles. The molecular weight excluding hydrogens is 280 g/mol. The number of rotatable bonds is 6. The highest BCUT2D eigenvalue weighted by molar-refractivity contribution is 7.99. The molecule has 0 fully saturated rings. The Kier molecular flexibility index (Phi) is 5.53. The Labute approximate surface area is 131 Å². The Balaban J connectivity index is 2.47. The lowest BCUT2D eigenvalue weighted by Gasteiger charge is -2.25. The molecule has 2 aromatic rings. The molecule has 2 rings (SSSR count). The highest BCUT2D eigenvalue weighted by Gasteiger charge is 2.14. The van der Waals surface area contributed by atoms with Gasteiger partial charge in [-0.15, -0.1) is 11.8 Å². The van der Waals surface area contributed by atoms with E-state index in [1.54, 1.807) is 7.11 Å². The predicted octanol–water partition coefficient (Wildman–Crippen LogP) is 4.03. The molecule has 2 aromatic carbocycles. The third kappa shape index (κ3) is 3.34. The van der Waals surface area contributed by atoms with E-state index in [0.717, 1.165) is 22.9 Å². The topological polar surface area (TPSA) is 38.5 Å². The third-order valence-corrected chi connectivity index (χ3v) is 4.40. The van der Waals surface area contributed by atoms with Gasteiger partial charge in [0.15, 0.2) is 0 Å². The van der Waals surface area contributed by atoms with Gasteiger partial charge in [0.05, 0.1) is 12.8 Å². The summed E-state index contributed by atoms with van der Waals surface area (Å²) in [5.41, 5.74) is 9.34. The van der Waals surface area contributed by atoms with Crippen LogP contribution in [0.25, 0.3) is 0 Å². The van der Waals surface area contributed by atoms with Crippen LogP contribution in [0.1, 0.15) is 12.5 Å². The van der Waals surface area contributed by atoms with Crippen LogP contribution in [-0.4, -0.2) is 19.9 Å². The number of hydrogen-bond donors (Lipinski definition) is 1. The van der Waals surface area contributed by atoms with Gasteiger partial charge in [0, 0.05) is 29.7 Å². The summed E-state index contributed by atoms with van der Waals surface area (Å²) in [6, 6.07) is 14.3. The smallest absolute Gasteiger partial charge is 0.142 e. The zero-order chi connectivity index (χ0) is 15.2. The summed E-state index contributed by atoms with van der Waals surface area (Å²) in [6.45, 7) is 2.68. The van der Waals surface area contributed by atoms with E-state index in [1.807, 2.05) is 37.0 Å². The second-order valence-corrected chi connectivity index (χ2v) is 5.93. The van der Waals surface area contributed by atoms with Crippen molar-refractivity contribution in [2.45, 2.75) is 18.4 Å². The largest absolute Gasteiger partial charge is 0.495 e. The van der Waals surface area contributed by atoms with E-state index >= 15 is 0 Å². The summed E-state index contributed by atoms with van der Waals surface area (Å²) < 4.78 is 5.46. The molecular formula is C17H22N2OS. The van der Waals surface area contributed by atoms with E-state index in [-0.39, 0.29) is 0 Å². The lowest BCUT2D eigenvalue weighted by atomic mass is 10.1. The van der Waals surface area contributed by atoms with Gasteiger partial charge in [-0.3, -0.25) is 0 Å². The summed E-state index contributed by atoms with van der Waals surface area (Å²) in [7, 11) is 3.74. The number of para-hydroxylation sites is 2. The molecule has 0 aliphatic rings. The van der Waals surface area contributed by atoms with Gasteiger partial charge >= 0.3 is 0 Å². The van der Waals surface area contributed by atoms with E-state index in [2.05, 4.69) is 36.1 Å². The number of ether oxygens (including phenoxy) is 1. The normalized spacial score (nSPS) is 10.5. The molecule has 0 aliphatic carbocycles. The Hall–Kier alpha value is -1.65. The molecule has 0 amide bonds. The minimum atomic E-state index is 0.526. The lowest BCUT2D eigenvalue weighted by molar-refractivity contribution is 0.415. The zero-order valence-corrected chi connectivity index (χ0v) is 13.6. The average molecular weight is 302 g/mol. The second-order valence-electron chi connectivity index (χ2n) is 4.62. The first kappa shape index (κ1) is 15.7. The SMILES string of the molecule is CCSc1cccc(N(C)c2ccccc2OC)c1CN. The first-order valence-electron chi connectivity index (χ1n) is 7.04. The molecule has 0 unspecified atom stereocenters. The predicted molar refractivity (Wildman–Crippen MR) is 91.8 cm³/mol. The standard InChI is InChI=1S/C17H22N2OS/c1-4-21-17-11-7-9-14(13(17)12-18)19(2)15-8-5-6-10-16(15)20-3/h5-11H,4,12,18H2,1-3H3. The molecule has 0 saturated carbocycles. The summed E-state index contributed by atoms with van der Waals surface area (Å²) in [5, 5.41) is 0. The monoisotopic (exact) mass is 302 g/mol. The van der Waals surface area contributed by atoms with Crippen LogP contribution in [0, 0.1) is 0 Å². The van der Waals surface area contributed by atoms with Gasteiger partial charge in [-0.25, -0.2) is 0 Å². The average Bonchev–Trinajstić information content (AvgIpc) is 2.54. The lowest BCUT2D eigenvalue weighted by Crippen LogP contribution is -2.15. The molecule has 0 aromatic heterocycles. The maximum Gasteiger partial charge on any atom is 0.142 e. The van der Waals surface area contributed by atoms with Gasteiger partial charge in [0.25, 0.3) is 0 Å². The summed E-state index contributed by atoms with van der Waals surface area (Å²) in [5.74, 6) is 1.89. The van der Waals surface area contributed by atoms with Crippen molar-refractivity contribution in [3.63, 3.8) is 0 Å². The Morgan fingerprint density at radius 2 is 1.81 bits per heavy atom. The van der Waals surface area contributed by atoms with Crippen molar-refractivity contribution < 1.29 is 4.74 Å². The first-order chi connectivity index (χ1) is 10.2. The van der Waals surface area contributed by atoms with Gasteiger partial charge in [-0.05, 0) is 30.0 Å². The van der Waals surface area contributed by atoms with Crippen LogP contribution in [-0.2, 0) is 6.54 Å². The molecule has 0 spiro atoms. The van der Waals surface area contributed by atoms with Crippen molar-refractivity contribution in [1.82, 2.24) is 0 Å². The van der Waals surface area contributed by atoms with Crippen LogP contribution in [0.5, 0.6) is 5.75 Å². The molecule has 21 heavy (non-hydrogen) atoms. The van der Waals surface area contributed by atoms with Crippen molar-refractivity contribution >= 4 is 23.1 Å². The third-order valence-electron chi connectivity index (χ3n) is 3.42. The van der Waals surface area contributed by atoms with Gasteiger partial charge in [-0.1, -0.05) is 25.1 Å². The number of nitrogens with zero attached hydrogens (tertiary/aromatic N) is 1. The minimum absolute atomic E-state index is 0.526. The van der Waals surface area contributed by atoms with Gasteiger partial charge in [-0.2, -0.15) is 0 Å². The summed E-state index contributed by atoms with van der Waals surface area (Å²) in [6.07, 6.45) is 0. The van der Waals surface area contributed by atoms with E-state index in [1.165, 1.54) is 10.5 Å². The van der Waals surface area contributed by atoms with Crippen LogP contribution >= 0.6 is 11.8 Å². The van der Waals surface area contributed by atoms with E-state index in [0.29, 0.717) is 6.54 Å². The maximum atomic E-state index is 6.00. The fourth-order valence-corrected chi connectivity index (χ4v) is 3.25. The first-order valence-corrected chi connectivity index (χ1v) is 8.03. The highest BCUT2D eigenvalue weighted by atomic mass is 32.2. The van der Waals surface area contributed by atoms with Crippen molar-refractivity contribution in [3.05, 3.63) is 48.0 Å². The Morgan fingerprint density at radius 3 is 2.48 bits per heavy atom. The molecule has 3 nitrogen and oxygen atoms in total. The van der Waals surface area contributed by atoms with Gasteiger partial charge in [0.2, 0.25) is 0 Å². The maximum absolute atomic E-state index is 6.00. The summed E-state index contributed by atoms with van der Waals surface area (Å²) >= 11 is 1.83. The number of methoxy groups -OCH3 is 1. The molecule has 4 heteroatoms. The van der Waals surface area contributed by atoms with Gasteiger partial charge < -0.3 is 15.4 Å². The molecule has 0 atom stereocenters. The van der Waals surface area contributed by atoms with Gasteiger partial charge in [0.1, 0.15) is 5.75 Å². The second kappa shape index (κ2) is 7.38. The molecule has 0 aliphatic heterocycles. The highest BCUT2D eigenvalue weighted by Crippen LogP contribution is 2.37. The van der Waals surface area contributed by atoms with E-state index in [4.69, 9.17) is 10.5 Å². The molecule has 112 valence electrons. The van der Waals surface area contributed by atoms with Crippen LogP contribution < -0.4 is 15.4 Å². The van der Waals surface area contributed by atoms with Crippen LogP contribution in [0.15, 0.2) is 47.4 Å². The quantitative estimate of drug-likeness (QED) is 0.818. The Bertz CT molecular complexity index is 601. The van der Waals surface area contributed by atoms with Crippen molar-refractivity contribution in [1.29, 1.82) is 0 Å². The van der Waals surface area contributed by atoms with Crippen LogP contribution in [0.2, 0.25) is 0 Å². The van der Waals surface area contributed by atoms with Crippen molar-refractivity contribution in [2.24, 2.45) is 5.73 Å². The van der Waals surface area contributed by atoms with Crippen molar-refractivity contribution in [3.8, 4) is 5.75 Å². The molecule has 2 N–H and O–H groups in total. The summed E-state index contributed by atoms with van der Waals surface area (Å²) in [4.78, 5) is 3.39.